The normalized spacial score (nSPS) is 12.6. The number of aromatic nitrogens is 2. The number of nitrogens with one attached hydrogen (secondary N) is 2. The van der Waals surface area contributed by atoms with E-state index in [1.807, 2.05) is 31.2 Å². The number of rotatable bonds is 9. The second-order valence-corrected chi connectivity index (χ2v) is 6.74. The average molecular weight is 484 g/mol. The fraction of sp³-hybridized carbons (Fsp3) is 0.500. The van der Waals surface area contributed by atoms with Crippen LogP contribution in [0.1, 0.15) is 24.5 Å². The molecule has 0 saturated carbocycles. The lowest BCUT2D eigenvalue weighted by Gasteiger charge is -2.25. The van der Waals surface area contributed by atoms with Crippen molar-refractivity contribution in [2.45, 2.75) is 32.4 Å². The summed E-state index contributed by atoms with van der Waals surface area (Å²) in [5.41, 5.74) is 2.58. The third-order valence-electron chi connectivity index (χ3n) is 4.57. The molecule has 0 saturated heterocycles. The van der Waals surface area contributed by atoms with Gasteiger partial charge in [-0.05, 0) is 37.9 Å². The van der Waals surface area contributed by atoms with E-state index in [0.29, 0.717) is 6.04 Å². The van der Waals surface area contributed by atoms with Gasteiger partial charge in [-0.3, -0.25) is 14.6 Å². The van der Waals surface area contributed by atoms with Crippen LogP contribution in [0.4, 0.5) is 0 Å². The van der Waals surface area contributed by atoms with Gasteiger partial charge in [-0.15, -0.1) is 24.0 Å². The molecule has 6 nitrogen and oxygen atoms in total. The second-order valence-electron chi connectivity index (χ2n) is 6.74. The third kappa shape index (κ3) is 8.75. The maximum Gasteiger partial charge on any atom is 0.190 e. The first-order valence-corrected chi connectivity index (χ1v) is 9.24. The van der Waals surface area contributed by atoms with E-state index in [4.69, 9.17) is 0 Å². The van der Waals surface area contributed by atoms with Crippen molar-refractivity contribution in [1.29, 1.82) is 0 Å². The van der Waals surface area contributed by atoms with E-state index in [-0.39, 0.29) is 24.0 Å². The Balaban J connectivity index is 0.00000364. The summed E-state index contributed by atoms with van der Waals surface area (Å²) in [6.07, 6.45) is 5.95. The van der Waals surface area contributed by atoms with Gasteiger partial charge in [-0.2, -0.15) is 5.10 Å². The molecular formula is C20H33IN6. The molecule has 0 bridgehead atoms. The van der Waals surface area contributed by atoms with Crippen LogP contribution in [0.2, 0.25) is 0 Å². The number of aliphatic imine (C=N–C) groups is 1. The molecular weight excluding hydrogens is 451 g/mol. The predicted octanol–water partition coefficient (Wildman–Crippen LogP) is 2.66. The lowest BCUT2D eigenvalue weighted by molar-refractivity contribution is 0.238. The minimum Gasteiger partial charge on any atom is -0.356 e. The minimum absolute atomic E-state index is 0. The standard InChI is InChI=1S/C20H32N6.HI/c1-17(25(3)15-18-8-6-5-7-9-18)10-12-22-20(21-2)23-13-11-19-14-24-26(4)16-19;/h5-9,14,16-17H,10-13,15H2,1-4H3,(H2,21,22,23);1H. The van der Waals surface area contributed by atoms with Gasteiger partial charge in [-0.1, -0.05) is 30.3 Å². The SMILES string of the molecule is CN=C(NCCc1cnn(C)c1)NCCC(C)N(C)Cc1ccccc1.I. The van der Waals surface area contributed by atoms with Crippen molar-refractivity contribution < 1.29 is 0 Å². The van der Waals surface area contributed by atoms with Crippen LogP contribution < -0.4 is 10.6 Å². The number of nitrogens with zero attached hydrogens (tertiary/aromatic N) is 4. The van der Waals surface area contributed by atoms with Crippen molar-refractivity contribution in [3.05, 3.63) is 53.9 Å². The summed E-state index contributed by atoms with van der Waals surface area (Å²) in [6.45, 7) is 4.98. The van der Waals surface area contributed by atoms with Crippen LogP contribution in [0.15, 0.2) is 47.7 Å². The zero-order valence-electron chi connectivity index (χ0n) is 16.9. The van der Waals surface area contributed by atoms with Crippen LogP contribution in [0.5, 0.6) is 0 Å². The molecule has 0 radical (unpaired) electrons. The number of hydrogen-bond acceptors (Lipinski definition) is 3. The zero-order valence-corrected chi connectivity index (χ0v) is 19.2. The van der Waals surface area contributed by atoms with Crippen molar-refractivity contribution in [2.75, 3.05) is 27.2 Å². The Morgan fingerprint density at radius 2 is 1.89 bits per heavy atom. The highest BCUT2D eigenvalue weighted by Gasteiger charge is 2.09. The lowest BCUT2D eigenvalue weighted by Crippen LogP contribution is -2.40. The fourth-order valence-corrected chi connectivity index (χ4v) is 2.79. The molecule has 1 heterocycles. The summed E-state index contributed by atoms with van der Waals surface area (Å²) in [5.74, 6) is 0.854. The molecule has 1 unspecified atom stereocenters. The highest BCUT2D eigenvalue weighted by Crippen LogP contribution is 2.07. The van der Waals surface area contributed by atoms with Crippen LogP contribution in [0.3, 0.4) is 0 Å². The van der Waals surface area contributed by atoms with Crippen LogP contribution >= 0.6 is 24.0 Å². The van der Waals surface area contributed by atoms with Crippen LogP contribution in [-0.2, 0) is 20.0 Å². The monoisotopic (exact) mass is 484 g/mol. The predicted molar refractivity (Wildman–Crippen MR) is 124 cm³/mol. The number of hydrogen-bond donors (Lipinski definition) is 2. The molecule has 0 aliphatic rings. The van der Waals surface area contributed by atoms with E-state index in [2.05, 4.69) is 69.9 Å². The second kappa shape index (κ2) is 12.7. The molecule has 1 atom stereocenters. The van der Waals surface area contributed by atoms with E-state index in [1.165, 1.54) is 11.1 Å². The Hall–Kier alpha value is -1.61. The van der Waals surface area contributed by atoms with Gasteiger partial charge in [0.15, 0.2) is 5.96 Å². The van der Waals surface area contributed by atoms with Gasteiger partial charge in [0.1, 0.15) is 0 Å². The van der Waals surface area contributed by atoms with Gasteiger partial charge in [-0.25, -0.2) is 0 Å². The molecule has 0 aliphatic carbocycles. The van der Waals surface area contributed by atoms with E-state index in [0.717, 1.165) is 38.4 Å². The first-order valence-electron chi connectivity index (χ1n) is 9.24. The molecule has 150 valence electrons. The largest absolute Gasteiger partial charge is 0.356 e. The summed E-state index contributed by atoms with van der Waals surface area (Å²) in [6, 6.07) is 11.1. The number of halogens is 1. The quantitative estimate of drug-likeness (QED) is 0.327. The summed E-state index contributed by atoms with van der Waals surface area (Å²) in [7, 11) is 5.93. The molecule has 0 aliphatic heterocycles. The maximum absolute atomic E-state index is 4.29. The van der Waals surface area contributed by atoms with Gasteiger partial charge >= 0.3 is 0 Å². The van der Waals surface area contributed by atoms with Gasteiger partial charge in [0.2, 0.25) is 0 Å². The molecule has 0 spiro atoms. The molecule has 2 N–H and O–H groups in total. The summed E-state index contributed by atoms with van der Waals surface area (Å²) in [5, 5.41) is 10.9. The van der Waals surface area contributed by atoms with Crippen molar-refractivity contribution in [3.63, 3.8) is 0 Å². The maximum atomic E-state index is 4.29. The molecule has 7 heteroatoms. The zero-order chi connectivity index (χ0) is 18.8. The van der Waals surface area contributed by atoms with E-state index >= 15 is 0 Å². The number of benzene rings is 1. The summed E-state index contributed by atoms with van der Waals surface area (Å²) in [4.78, 5) is 6.68. The minimum atomic E-state index is 0. The first-order chi connectivity index (χ1) is 12.6. The van der Waals surface area contributed by atoms with Gasteiger partial charge in [0, 0.05) is 46.0 Å². The number of guanidine groups is 1. The van der Waals surface area contributed by atoms with Crippen molar-refractivity contribution >= 4 is 29.9 Å². The molecule has 0 fully saturated rings. The molecule has 2 aromatic rings. The highest BCUT2D eigenvalue weighted by molar-refractivity contribution is 14.0. The van der Waals surface area contributed by atoms with Crippen molar-refractivity contribution in [1.82, 2.24) is 25.3 Å². The molecule has 0 amide bonds. The summed E-state index contributed by atoms with van der Waals surface area (Å²) < 4.78 is 1.83. The topological polar surface area (TPSA) is 57.5 Å². The van der Waals surface area contributed by atoms with E-state index in [9.17, 15) is 0 Å². The fourth-order valence-electron chi connectivity index (χ4n) is 2.79. The van der Waals surface area contributed by atoms with Crippen LogP contribution in [-0.4, -0.2) is 53.9 Å². The summed E-state index contributed by atoms with van der Waals surface area (Å²) >= 11 is 0. The first kappa shape index (κ1) is 23.4. The van der Waals surface area contributed by atoms with Gasteiger partial charge in [0.25, 0.3) is 0 Å². The Kier molecular flexibility index (Phi) is 11.0. The average Bonchev–Trinajstić information content (AvgIpc) is 3.06. The molecule has 1 aromatic heterocycles. The smallest absolute Gasteiger partial charge is 0.190 e. The molecule has 27 heavy (non-hydrogen) atoms. The number of aryl methyl sites for hydroxylation is 1. The van der Waals surface area contributed by atoms with Crippen molar-refractivity contribution in [3.8, 4) is 0 Å². The van der Waals surface area contributed by atoms with Gasteiger partial charge in [0.05, 0.1) is 6.20 Å². The van der Waals surface area contributed by atoms with E-state index < -0.39 is 0 Å². The Labute approximate surface area is 180 Å². The van der Waals surface area contributed by atoms with Crippen molar-refractivity contribution in [2.24, 2.45) is 12.0 Å². The van der Waals surface area contributed by atoms with Gasteiger partial charge < -0.3 is 10.6 Å². The van der Waals surface area contributed by atoms with E-state index in [1.54, 1.807) is 0 Å². The highest BCUT2D eigenvalue weighted by atomic mass is 127. The Bertz CT molecular complexity index is 670. The third-order valence-corrected chi connectivity index (χ3v) is 4.57. The Morgan fingerprint density at radius 3 is 2.52 bits per heavy atom. The Morgan fingerprint density at radius 1 is 1.19 bits per heavy atom. The lowest BCUT2D eigenvalue weighted by atomic mass is 10.1. The molecule has 1 aromatic carbocycles. The van der Waals surface area contributed by atoms with Crippen LogP contribution in [0.25, 0.3) is 0 Å². The van der Waals surface area contributed by atoms with Crippen LogP contribution in [0, 0.1) is 0 Å². The molecule has 2 rings (SSSR count).